The molecule has 0 aliphatic rings. The van der Waals surface area contributed by atoms with Gasteiger partial charge in [-0.3, -0.25) is 9.10 Å². The van der Waals surface area contributed by atoms with Crippen LogP contribution in [0.25, 0.3) is 0 Å². The van der Waals surface area contributed by atoms with Crippen molar-refractivity contribution < 1.29 is 22.7 Å². The van der Waals surface area contributed by atoms with Crippen molar-refractivity contribution in [3.8, 4) is 11.5 Å². The van der Waals surface area contributed by atoms with E-state index < -0.39 is 22.5 Å². The van der Waals surface area contributed by atoms with E-state index in [1.165, 1.54) is 37.6 Å². The van der Waals surface area contributed by atoms with Gasteiger partial charge in [0, 0.05) is 10.6 Å². The lowest BCUT2D eigenvalue weighted by Crippen LogP contribution is -2.39. The van der Waals surface area contributed by atoms with Crippen LogP contribution in [0, 0.1) is 0 Å². The first-order chi connectivity index (χ1) is 18.9. The number of carbonyl (C=O) groups is 1. The van der Waals surface area contributed by atoms with E-state index in [0.29, 0.717) is 17.9 Å². The van der Waals surface area contributed by atoms with Crippen LogP contribution in [0.1, 0.15) is 11.1 Å². The number of hydrogen-bond donors (Lipinski definition) is 1. The summed E-state index contributed by atoms with van der Waals surface area (Å²) < 4.78 is 39.4. The lowest BCUT2D eigenvalue weighted by molar-refractivity contribution is -0.119. The van der Waals surface area contributed by atoms with Crippen molar-refractivity contribution >= 4 is 39.4 Å². The highest BCUT2D eigenvalue weighted by atomic mass is 35.5. The van der Waals surface area contributed by atoms with Crippen molar-refractivity contribution in [3.63, 3.8) is 0 Å². The highest BCUT2D eigenvalue weighted by Gasteiger charge is 2.29. The molecule has 0 radical (unpaired) electrons. The summed E-state index contributed by atoms with van der Waals surface area (Å²) in [7, 11) is -2.75. The standard InChI is InChI=1S/C29H26ClN3O5S/c1-37-28-17-16-24(30)18-26(28)33(39(35,36)25-13-6-3-7-14-25)20-29(34)32-31-19-23-12-8-9-15-27(23)38-21-22-10-4-2-5-11-22/h2-19H,20-21H2,1H3,(H,32,34)/b31-19-. The van der Waals surface area contributed by atoms with Gasteiger partial charge in [0.2, 0.25) is 0 Å². The number of hydrazone groups is 1. The molecule has 0 aliphatic heterocycles. The number of rotatable bonds is 11. The van der Waals surface area contributed by atoms with Gasteiger partial charge in [-0.05, 0) is 48.0 Å². The summed E-state index contributed by atoms with van der Waals surface area (Å²) in [4.78, 5) is 12.9. The summed E-state index contributed by atoms with van der Waals surface area (Å²) in [5, 5.41) is 4.32. The molecule has 4 aromatic rings. The second-order valence-electron chi connectivity index (χ2n) is 8.25. The SMILES string of the molecule is COc1ccc(Cl)cc1N(CC(=O)N/N=C\c1ccccc1OCc1ccccc1)S(=O)(=O)c1ccccc1. The van der Waals surface area contributed by atoms with Crippen LogP contribution >= 0.6 is 11.6 Å². The molecule has 200 valence electrons. The summed E-state index contributed by atoms with van der Waals surface area (Å²) in [6, 6.07) is 29.3. The fourth-order valence-electron chi connectivity index (χ4n) is 3.67. The van der Waals surface area contributed by atoms with Crippen molar-refractivity contribution in [2.75, 3.05) is 18.0 Å². The van der Waals surface area contributed by atoms with Crippen molar-refractivity contribution in [2.24, 2.45) is 5.10 Å². The summed E-state index contributed by atoms with van der Waals surface area (Å²) >= 11 is 6.17. The Labute approximate surface area is 232 Å². The minimum Gasteiger partial charge on any atom is -0.495 e. The molecule has 0 saturated heterocycles. The largest absolute Gasteiger partial charge is 0.495 e. The van der Waals surface area contributed by atoms with Gasteiger partial charge in [-0.2, -0.15) is 5.10 Å². The molecular weight excluding hydrogens is 538 g/mol. The summed E-state index contributed by atoms with van der Waals surface area (Å²) in [6.07, 6.45) is 1.44. The maximum Gasteiger partial charge on any atom is 0.264 e. The fourth-order valence-corrected chi connectivity index (χ4v) is 5.28. The van der Waals surface area contributed by atoms with E-state index >= 15 is 0 Å². The van der Waals surface area contributed by atoms with E-state index in [-0.39, 0.29) is 21.4 Å². The molecule has 4 aromatic carbocycles. The molecule has 0 aliphatic carbocycles. The molecule has 0 heterocycles. The van der Waals surface area contributed by atoms with Crippen molar-refractivity contribution in [1.82, 2.24) is 5.43 Å². The van der Waals surface area contributed by atoms with Gasteiger partial charge >= 0.3 is 0 Å². The van der Waals surface area contributed by atoms with Gasteiger partial charge in [-0.1, -0.05) is 72.3 Å². The predicted octanol–water partition coefficient (Wildman–Crippen LogP) is 5.27. The third-order valence-corrected chi connectivity index (χ3v) is 7.59. The Balaban J connectivity index is 1.53. The Morgan fingerprint density at radius 1 is 0.923 bits per heavy atom. The van der Waals surface area contributed by atoms with E-state index in [2.05, 4.69) is 10.5 Å². The second-order valence-corrected chi connectivity index (χ2v) is 10.5. The number of benzene rings is 4. The first-order valence-corrected chi connectivity index (χ1v) is 13.7. The number of ether oxygens (including phenoxy) is 2. The van der Waals surface area contributed by atoms with Gasteiger partial charge in [0.1, 0.15) is 24.7 Å². The Bertz CT molecular complexity index is 1550. The smallest absolute Gasteiger partial charge is 0.264 e. The first kappa shape index (κ1) is 27.7. The van der Waals surface area contributed by atoms with Crippen LogP contribution in [0.3, 0.4) is 0 Å². The number of nitrogens with zero attached hydrogens (tertiary/aromatic N) is 2. The third kappa shape index (κ3) is 7.16. The quantitative estimate of drug-likeness (QED) is 0.198. The number of hydrogen-bond acceptors (Lipinski definition) is 6. The predicted molar refractivity (Wildman–Crippen MR) is 152 cm³/mol. The lowest BCUT2D eigenvalue weighted by Gasteiger charge is -2.25. The van der Waals surface area contributed by atoms with E-state index in [4.69, 9.17) is 21.1 Å². The normalized spacial score (nSPS) is 11.2. The molecule has 0 atom stereocenters. The average Bonchev–Trinajstić information content (AvgIpc) is 2.96. The molecule has 8 nitrogen and oxygen atoms in total. The summed E-state index contributed by atoms with van der Waals surface area (Å²) in [6.45, 7) is -0.205. The maximum atomic E-state index is 13.6. The zero-order valence-electron chi connectivity index (χ0n) is 21.0. The van der Waals surface area contributed by atoms with Crippen LogP contribution in [0.15, 0.2) is 113 Å². The van der Waals surface area contributed by atoms with Crippen LogP contribution in [-0.2, 0) is 21.4 Å². The third-order valence-electron chi connectivity index (χ3n) is 5.58. The molecule has 39 heavy (non-hydrogen) atoms. The van der Waals surface area contributed by atoms with Gasteiger partial charge < -0.3 is 9.47 Å². The fraction of sp³-hybridized carbons (Fsp3) is 0.103. The van der Waals surface area contributed by atoms with Gasteiger partial charge in [-0.15, -0.1) is 0 Å². The Morgan fingerprint density at radius 2 is 1.59 bits per heavy atom. The first-order valence-electron chi connectivity index (χ1n) is 11.9. The van der Waals surface area contributed by atoms with E-state index in [9.17, 15) is 13.2 Å². The van der Waals surface area contributed by atoms with E-state index in [1.807, 2.05) is 42.5 Å². The highest BCUT2D eigenvalue weighted by molar-refractivity contribution is 7.92. The zero-order chi connectivity index (χ0) is 27.7. The monoisotopic (exact) mass is 563 g/mol. The Kier molecular flexibility index (Phi) is 9.19. The Morgan fingerprint density at radius 3 is 2.31 bits per heavy atom. The average molecular weight is 564 g/mol. The summed E-state index contributed by atoms with van der Waals surface area (Å²) in [5.41, 5.74) is 4.17. The second kappa shape index (κ2) is 12.9. The maximum absolute atomic E-state index is 13.6. The van der Waals surface area contributed by atoms with Crippen molar-refractivity contribution in [2.45, 2.75) is 11.5 Å². The van der Waals surface area contributed by atoms with Crippen molar-refractivity contribution in [3.05, 3.63) is 119 Å². The molecule has 1 amide bonds. The number of carbonyl (C=O) groups excluding carboxylic acids is 1. The molecule has 0 aromatic heterocycles. The molecular formula is C29H26ClN3O5S. The molecule has 0 unspecified atom stereocenters. The number of anilines is 1. The minimum absolute atomic E-state index is 0.00724. The topological polar surface area (TPSA) is 97.3 Å². The molecule has 10 heteroatoms. The molecule has 0 saturated carbocycles. The summed E-state index contributed by atoms with van der Waals surface area (Å²) in [5.74, 6) is 0.145. The number of amides is 1. The van der Waals surface area contributed by atoms with Crippen LogP contribution in [0.4, 0.5) is 5.69 Å². The van der Waals surface area contributed by atoms with Gasteiger partial charge in [0.05, 0.1) is 23.9 Å². The number of methoxy groups -OCH3 is 1. The number of halogens is 1. The number of nitrogens with one attached hydrogen (secondary N) is 1. The van der Waals surface area contributed by atoms with E-state index in [1.54, 1.807) is 36.4 Å². The van der Waals surface area contributed by atoms with Gasteiger partial charge in [-0.25, -0.2) is 13.8 Å². The zero-order valence-corrected chi connectivity index (χ0v) is 22.6. The van der Waals surface area contributed by atoms with Gasteiger partial charge in [0.25, 0.3) is 15.9 Å². The highest BCUT2D eigenvalue weighted by Crippen LogP contribution is 2.34. The van der Waals surface area contributed by atoms with Crippen LogP contribution in [0.2, 0.25) is 5.02 Å². The molecule has 0 fully saturated rings. The molecule has 4 rings (SSSR count). The Hall–Kier alpha value is -4.34. The minimum atomic E-state index is -4.15. The molecule has 1 N–H and O–H groups in total. The van der Waals surface area contributed by atoms with Crippen LogP contribution in [-0.4, -0.2) is 34.2 Å². The van der Waals surface area contributed by atoms with Gasteiger partial charge in [0.15, 0.2) is 0 Å². The molecule has 0 bridgehead atoms. The van der Waals surface area contributed by atoms with Crippen LogP contribution in [0.5, 0.6) is 11.5 Å². The number of sulfonamides is 1. The van der Waals surface area contributed by atoms with Crippen molar-refractivity contribution in [1.29, 1.82) is 0 Å². The lowest BCUT2D eigenvalue weighted by atomic mass is 10.2. The number of para-hydroxylation sites is 1. The van der Waals surface area contributed by atoms with E-state index in [0.717, 1.165) is 9.87 Å². The molecule has 0 spiro atoms. The van der Waals surface area contributed by atoms with Crippen LogP contribution < -0.4 is 19.2 Å².